The van der Waals surface area contributed by atoms with Gasteiger partial charge in [-0.3, -0.25) is 0 Å². The molecule has 1 unspecified atom stereocenters. The van der Waals surface area contributed by atoms with E-state index in [2.05, 4.69) is 4.74 Å². The van der Waals surface area contributed by atoms with Crippen LogP contribution in [0.1, 0.15) is 18.1 Å². The summed E-state index contributed by atoms with van der Waals surface area (Å²) < 4.78 is 54.1. The molecule has 6 heteroatoms. The lowest BCUT2D eigenvalue weighted by atomic mass is 10.1. The summed E-state index contributed by atoms with van der Waals surface area (Å²) in [5, 5.41) is 8.57. The van der Waals surface area contributed by atoms with Gasteiger partial charge in [-0.2, -0.15) is 18.4 Å². The Labute approximate surface area is 95.4 Å². The van der Waals surface area contributed by atoms with Crippen molar-refractivity contribution < 1.29 is 22.3 Å². The third-order valence-corrected chi connectivity index (χ3v) is 2.12. The second kappa shape index (κ2) is 5.15. The Hall–Kier alpha value is -1.61. The average molecular weight is 247 g/mol. The summed E-state index contributed by atoms with van der Waals surface area (Å²) in [5.41, 5.74) is 0.102. The van der Waals surface area contributed by atoms with Gasteiger partial charge in [0.2, 0.25) is 0 Å². The van der Waals surface area contributed by atoms with E-state index in [4.69, 9.17) is 5.26 Å². The first-order valence-electron chi connectivity index (χ1n) is 4.71. The molecule has 0 radical (unpaired) electrons. The number of rotatable bonds is 3. The van der Waals surface area contributed by atoms with E-state index in [-0.39, 0.29) is 11.1 Å². The summed E-state index contributed by atoms with van der Waals surface area (Å²) in [6.45, 7) is 0.314. The molecule has 0 bridgehead atoms. The summed E-state index contributed by atoms with van der Waals surface area (Å²) in [4.78, 5) is 0. The zero-order valence-corrected chi connectivity index (χ0v) is 8.88. The van der Waals surface area contributed by atoms with Crippen LogP contribution in [0.25, 0.3) is 0 Å². The molecule has 0 saturated carbocycles. The number of nitriles is 1. The lowest BCUT2D eigenvalue weighted by Gasteiger charge is -2.16. The Bertz CT molecular complexity index is 436. The van der Waals surface area contributed by atoms with Gasteiger partial charge in [0.25, 0.3) is 0 Å². The molecule has 17 heavy (non-hydrogen) atoms. The van der Waals surface area contributed by atoms with Crippen molar-refractivity contribution in [2.45, 2.75) is 25.8 Å². The minimum atomic E-state index is -4.48. The fraction of sp³-hybridized carbons (Fsp3) is 0.364. The fourth-order valence-corrected chi connectivity index (χ4v) is 1.06. The highest BCUT2D eigenvalue weighted by molar-refractivity contribution is 5.33. The Morgan fingerprint density at radius 1 is 1.41 bits per heavy atom. The van der Waals surface area contributed by atoms with E-state index in [1.165, 1.54) is 12.1 Å². The second-order valence-electron chi connectivity index (χ2n) is 3.41. The largest absolute Gasteiger partial charge is 0.414 e. The molecule has 0 spiro atoms. The number of hydrogen-bond acceptors (Lipinski definition) is 2. The highest BCUT2D eigenvalue weighted by atomic mass is 19.4. The average Bonchev–Trinajstić information content (AvgIpc) is 2.26. The van der Waals surface area contributed by atoms with Crippen molar-refractivity contribution in [2.75, 3.05) is 0 Å². The summed E-state index contributed by atoms with van der Waals surface area (Å²) in [7, 11) is 0. The summed E-state index contributed by atoms with van der Waals surface area (Å²) in [5.74, 6) is -0.696. The van der Waals surface area contributed by atoms with Crippen LogP contribution in [-0.2, 0) is 11.3 Å². The molecule has 1 atom stereocenters. The zero-order chi connectivity index (χ0) is 13.1. The third kappa shape index (κ3) is 3.71. The van der Waals surface area contributed by atoms with Crippen molar-refractivity contribution in [3.8, 4) is 6.07 Å². The van der Waals surface area contributed by atoms with Crippen molar-refractivity contribution in [3.63, 3.8) is 0 Å². The van der Waals surface area contributed by atoms with Gasteiger partial charge < -0.3 is 4.74 Å². The molecule has 2 nitrogen and oxygen atoms in total. The molecular formula is C11H9F4NO. The maximum Gasteiger partial charge on any atom is 0.414 e. The maximum atomic E-state index is 13.2. The van der Waals surface area contributed by atoms with Crippen LogP contribution >= 0.6 is 0 Å². The van der Waals surface area contributed by atoms with Gasteiger partial charge in [-0.15, -0.1) is 0 Å². The quantitative estimate of drug-likeness (QED) is 0.768. The van der Waals surface area contributed by atoms with Gasteiger partial charge in [0.15, 0.2) is 6.10 Å². The van der Waals surface area contributed by atoms with Gasteiger partial charge in [0, 0.05) is 5.56 Å². The molecule has 0 N–H and O–H groups in total. The number of ether oxygens (including phenoxy) is 1. The molecule has 1 aromatic carbocycles. The van der Waals surface area contributed by atoms with Crippen molar-refractivity contribution in [1.29, 1.82) is 5.26 Å². The van der Waals surface area contributed by atoms with Crippen LogP contribution in [0.15, 0.2) is 18.2 Å². The first-order chi connectivity index (χ1) is 7.84. The molecule has 1 rings (SSSR count). The van der Waals surface area contributed by atoms with E-state index < -0.39 is 24.7 Å². The standard InChI is InChI=1S/C11H9F4NO/c1-7(11(13,14)15)17-6-9-4-8(5-16)2-3-10(9)12/h2-4,7H,6H2,1H3. The number of hydrogen-bond donors (Lipinski definition) is 0. The summed E-state index contributed by atoms with van der Waals surface area (Å²) >= 11 is 0. The summed E-state index contributed by atoms with van der Waals surface area (Å²) in [6, 6.07) is 5.20. The van der Waals surface area contributed by atoms with Crippen molar-refractivity contribution >= 4 is 0 Å². The molecule has 0 aliphatic heterocycles. The first kappa shape index (κ1) is 13.5. The molecular weight excluding hydrogens is 238 g/mol. The minimum Gasteiger partial charge on any atom is -0.364 e. The Balaban J connectivity index is 2.73. The van der Waals surface area contributed by atoms with Crippen LogP contribution < -0.4 is 0 Å². The summed E-state index contributed by atoms with van der Waals surface area (Å²) in [6.07, 6.45) is -6.46. The van der Waals surface area contributed by atoms with E-state index in [0.717, 1.165) is 13.0 Å². The molecule has 0 amide bonds. The first-order valence-corrected chi connectivity index (χ1v) is 4.71. The van der Waals surface area contributed by atoms with Gasteiger partial charge in [-0.05, 0) is 25.1 Å². The molecule has 1 aromatic rings. The van der Waals surface area contributed by atoms with Gasteiger partial charge in [0.05, 0.1) is 18.2 Å². The number of nitrogens with zero attached hydrogens (tertiary/aromatic N) is 1. The predicted octanol–water partition coefficient (Wildman–Crippen LogP) is 3.16. The number of alkyl halides is 3. The lowest BCUT2D eigenvalue weighted by molar-refractivity contribution is -0.217. The van der Waals surface area contributed by atoms with Crippen LogP contribution in [0.2, 0.25) is 0 Å². The van der Waals surface area contributed by atoms with Crippen LogP contribution in [0.3, 0.4) is 0 Å². The van der Waals surface area contributed by atoms with Crippen LogP contribution in [-0.4, -0.2) is 12.3 Å². The third-order valence-electron chi connectivity index (χ3n) is 2.12. The highest BCUT2D eigenvalue weighted by Crippen LogP contribution is 2.23. The Morgan fingerprint density at radius 3 is 2.59 bits per heavy atom. The van der Waals surface area contributed by atoms with Gasteiger partial charge in [-0.25, -0.2) is 4.39 Å². The Morgan fingerprint density at radius 2 is 2.06 bits per heavy atom. The van der Waals surface area contributed by atoms with E-state index in [0.29, 0.717) is 0 Å². The fourth-order valence-electron chi connectivity index (χ4n) is 1.06. The van der Waals surface area contributed by atoms with Crippen molar-refractivity contribution in [3.05, 3.63) is 35.1 Å². The van der Waals surface area contributed by atoms with E-state index in [1.807, 2.05) is 0 Å². The minimum absolute atomic E-state index is 0.0693. The van der Waals surface area contributed by atoms with Crippen molar-refractivity contribution in [1.82, 2.24) is 0 Å². The molecule has 0 heterocycles. The number of benzene rings is 1. The Kier molecular flexibility index (Phi) is 4.07. The molecule has 0 fully saturated rings. The van der Waals surface area contributed by atoms with Gasteiger partial charge in [-0.1, -0.05) is 0 Å². The molecule has 92 valence electrons. The molecule has 0 aliphatic rings. The molecule has 0 aromatic heterocycles. The van der Waals surface area contributed by atoms with E-state index in [1.54, 1.807) is 6.07 Å². The van der Waals surface area contributed by atoms with E-state index >= 15 is 0 Å². The zero-order valence-electron chi connectivity index (χ0n) is 8.88. The SMILES string of the molecule is CC(OCc1cc(C#N)ccc1F)C(F)(F)F. The molecule has 0 aliphatic carbocycles. The van der Waals surface area contributed by atoms with Crippen LogP contribution in [0.5, 0.6) is 0 Å². The van der Waals surface area contributed by atoms with Gasteiger partial charge >= 0.3 is 6.18 Å². The normalized spacial score (nSPS) is 13.2. The predicted molar refractivity (Wildman–Crippen MR) is 51.4 cm³/mol. The molecule has 0 saturated heterocycles. The monoisotopic (exact) mass is 247 g/mol. The number of halogens is 4. The smallest absolute Gasteiger partial charge is 0.364 e. The van der Waals surface area contributed by atoms with Gasteiger partial charge in [0.1, 0.15) is 5.82 Å². The van der Waals surface area contributed by atoms with Crippen LogP contribution in [0.4, 0.5) is 17.6 Å². The second-order valence-corrected chi connectivity index (χ2v) is 3.41. The van der Waals surface area contributed by atoms with Crippen molar-refractivity contribution in [2.24, 2.45) is 0 Å². The highest BCUT2D eigenvalue weighted by Gasteiger charge is 2.36. The topological polar surface area (TPSA) is 33.0 Å². The van der Waals surface area contributed by atoms with Crippen LogP contribution in [0, 0.1) is 17.1 Å². The van der Waals surface area contributed by atoms with E-state index in [9.17, 15) is 17.6 Å². The lowest BCUT2D eigenvalue weighted by Crippen LogP contribution is -2.28. The maximum absolute atomic E-state index is 13.2.